The first-order chi connectivity index (χ1) is 9.47. The maximum absolute atomic E-state index is 12.9. The Hall–Kier alpha value is -1.56. The molecular formula is C14H14F3NO2. The first kappa shape index (κ1) is 13.4. The van der Waals surface area contributed by atoms with Crippen LogP contribution in [0.15, 0.2) is 18.2 Å². The minimum Gasteiger partial charge on any atom is -0.371 e. The number of halogens is 3. The molecule has 2 aliphatic heterocycles. The number of anilines is 1. The van der Waals surface area contributed by atoms with Gasteiger partial charge in [-0.05, 0) is 31.0 Å². The molecular weight excluding hydrogens is 271 g/mol. The highest BCUT2D eigenvalue weighted by Gasteiger charge is 2.36. The van der Waals surface area contributed by atoms with E-state index >= 15 is 0 Å². The van der Waals surface area contributed by atoms with Gasteiger partial charge in [0.15, 0.2) is 6.29 Å². The molecule has 0 N–H and O–H groups in total. The van der Waals surface area contributed by atoms with E-state index in [0.29, 0.717) is 18.8 Å². The van der Waals surface area contributed by atoms with E-state index in [-0.39, 0.29) is 24.1 Å². The Bertz CT molecular complexity index is 518. The summed E-state index contributed by atoms with van der Waals surface area (Å²) in [5, 5.41) is 0. The van der Waals surface area contributed by atoms with Crippen LogP contribution in [0.5, 0.6) is 0 Å². The summed E-state index contributed by atoms with van der Waals surface area (Å²) in [6, 6.07) is 3.88. The molecule has 2 unspecified atom stereocenters. The van der Waals surface area contributed by atoms with E-state index in [1.807, 2.05) is 4.90 Å². The fraction of sp³-hybridized carbons (Fsp3) is 0.500. The van der Waals surface area contributed by atoms with Crippen LogP contribution < -0.4 is 4.90 Å². The van der Waals surface area contributed by atoms with Crippen LogP contribution >= 0.6 is 0 Å². The van der Waals surface area contributed by atoms with Crippen molar-refractivity contribution in [3.8, 4) is 0 Å². The van der Waals surface area contributed by atoms with Crippen molar-refractivity contribution in [2.45, 2.75) is 31.2 Å². The Morgan fingerprint density at radius 1 is 1.20 bits per heavy atom. The average molecular weight is 285 g/mol. The second-order valence-electron chi connectivity index (χ2n) is 5.25. The molecule has 2 bridgehead atoms. The fourth-order valence-electron chi connectivity index (χ4n) is 2.91. The first-order valence-electron chi connectivity index (χ1n) is 6.54. The summed E-state index contributed by atoms with van der Waals surface area (Å²) in [7, 11) is 0. The normalized spacial score (nSPS) is 25.9. The van der Waals surface area contributed by atoms with Gasteiger partial charge < -0.3 is 9.64 Å². The van der Waals surface area contributed by atoms with E-state index < -0.39 is 11.7 Å². The number of aldehydes is 1. The number of hydrogen-bond donors (Lipinski definition) is 0. The van der Waals surface area contributed by atoms with Gasteiger partial charge in [0.1, 0.15) is 0 Å². The molecule has 2 aliphatic rings. The lowest BCUT2D eigenvalue weighted by Gasteiger charge is -2.34. The zero-order valence-corrected chi connectivity index (χ0v) is 10.7. The third kappa shape index (κ3) is 2.40. The third-order valence-electron chi connectivity index (χ3n) is 3.88. The third-order valence-corrected chi connectivity index (χ3v) is 3.88. The van der Waals surface area contributed by atoms with Gasteiger partial charge in [-0.2, -0.15) is 13.2 Å². The second-order valence-corrected chi connectivity index (χ2v) is 5.25. The van der Waals surface area contributed by atoms with Crippen molar-refractivity contribution in [3.05, 3.63) is 29.3 Å². The topological polar surface area (TPSA) is 29.5 Å². The van der Waals surface area contributed by atoms with Crippen molar-refractivity contribution in [2.24, 2.45) is 0 Å². The number of carbonyl (C=O) groups excluding carboxylic acids is 1. The zero-order valence-electron chi connectivity index (χ0n) is 10.7. The number of carbonyl (C=O) groups is 1. The van der Waals surface area contributed by atoms with E-state index in [1.54, 1.807) is 6.07 Å². The van der Waals surface area contributed by atoms with Gasteiger partial charge in [-0.3, -0.25) is 4.79 Å². The SMILES string of the molecule is O=Cc1ccc(N2CC3CCC(C2)O3)cc1C(F)(F)F. The molecule has 3 nitrogen and oxygen atoms in total. The van der Waals surface area contributed by atoms with Gasteiger partial charge in [0.25, 0.3) is 0 Å². The summed E-state index contributed by atoms with van der Waals surface area (Å²) in [6.07, 6.45) is -2.14. The van der Waals surface area contributed by atoms with Crippen LogP contribution in [-0.4, -0.2) is 31.6 Å². The van der Waals surface area contributed by atoms with Crippen molar-refractivity contribution in [1.82, 2.24) is 0 Å². The van der Waals surface area contributed by atoms with Crippen LogP contribution in [-0.2, 0) is 10.9 Å². The monoisotopic (exact) mass is 285 g/mol. The van der Waals surface area contributed by atoms with Crippen LogP contribution in [0, 0.1) is 0 Å². The predicted molar refractivity (Wildman–Crippen MR) is 66.9 cm³/mol. The maximum atomic E-state index is 12.9. The highest BCUT2D eigenvalue weighted by atomic mass is 19.4. The van der Waals surface area contributed by atoms with Gasteiger partial charge >= 0.3 is 6.18 Å². The molecule has 2 fully saturated rings. The van der Waals surface area contributed by atoms with Gasteiger partial charge in [-0.15, -0.1) is 0 Å². The van der Waals surface area contributed by atoms with Crippen molar-refractivity contribution in [1.29, 1.82) is 0 Å². The van der Waals surface area contributed by atoms with E-state index in [2.05, 4.69) is 0 Å². The van der Waals surface area contributed by atoms with Crippen LogP contribution in [0.4, 0.5) is 18.9 Å². The Balaban J connectivity index is 1.92. The highest BCUT2D eigenvalue weighted by molar-refractivity contribution is 5.79. The van der Waals surface area contributed by atoms with Gasteiger partial charge in [-0.1, -0.05) is 0 Å². The zero-order chi connectivity index (χ0) is 14.3. The molecule has 6 heteroatoms. The number of morpholine rings is 1. The summed E-state index contributed by atoms with van der Waals surface area (Å²) in [5.41, 5.74) is -0.690. The van der Waals surface area contributed by atoms with E-state index in [9.17, 15) is 18.0 Å². The summed E-state index contributed by atoms with van der Waals surface area (Å²) >= 11 is 0. The van der Waals surface area contributed by atoms with Gasteiger partial charge in [0, 0.05) is 24.3 Å². The molecule has 2 heterocycles. The Morgan fingerprint density at radius 2 is 1.85 bits per heavy atom. The second kappa shape index (κ2) is 4.77. The van der Waals surface area contributed by atoms with Crippen LogP contribution in [0.1, 0.15) is 28.8 Å². The lowest BCUT2D eigenvalue weighted by atomic mass is 10.1. The molecule has 108 valence electrons. The molecule has 0 saturated carbocycles. The molecule has 1 aromatic carbocycles. The van der Waals surface area contributed by atoms with Gasteiger partial charge in [0.2, 0.25) is 0 Å². The van der Waals surface area contributed by atoms with Crippen LogP contribution in [0.25, 0.3) is 0 Å². The average Bonchev–Trinajstić information content (AvgIpc) is 2.75. The van der Waals surface area contributed by atoms with Gasteiger partial charge in [-0.25, -0.2) is 0 Å². The number of alkyl halides is 3. The number of rotatable bonds is 2. The highest BCUT2D eigenvalue weighted by Crippen LogP contribution is 2.36. The first-order valence-corrected chi connectivity index (χ1v) is 6.54. The Kier molecular flexibility index (Phi) is 3.20. The molecule has 1 aromatic rings. The number of ether oxygens (including phenoxy) is 1. The number of nitrogens with zero attached hydrogens (tertiary/aromatic N) is 1. The predicted octanol–water partition coefficient (Wildman–Crippen LogP) is 2.89. The molecule has 0 radical (unpaired) electrons. The van der Waals surface area contributed by atoms with Crippen molar-refractivity contribution in [3.63, 3.8) is 0 Å². The molecule has 0 amide bonds. The summed E-state index contributed by atoms with van der Waals surface area (Å²) in [4.78, 5) is 12.7. The summed E-state index contributed by atoms with van der Waals surface area (Å²) in [6.45, 7) is 1.21. The van der Waals surface area contributed by atoms with Crippen molar-refractivity contribution < 1.29 is 22.7 Å². The fourth-order valence-corrected chi connectivity index (χ4v) is 2.91. The minimum atomic E-state index is -4.52. The summed E-state index contributed by atoms with van der Waals surface area (Å²) < 4.78 is 44.5. The maximum Gasteiger partial charge on any atom is 0.417 e. The molecule has 3 rings (SSSR count). The lowest BCUT2D eigenvalue weighted by molar-refractivity contribution is -0.137. The molecule has 2 saturated heterocycles. The molecule has 0 aliphatic carbocycles. The summed E-state index contributed by atoms with van der Waals surface area (Å²) in [5.74, 6) is 0. The number of benzene rings is 1. The Labute approximate surface area is 114 Å². The van der Waals surface area contributed by atoms with E-state index in [0.717, 1.165) is 18.9 Å². The van der Waals surface area contributed by atoms with E-state index in [4.69, 9.17) is 4.74 Å². The van der Waals surface area contributed by atoms with Crippen LogP contribution in [0.2, 0.25) is 0 Å². The quantitative estimate of drug-likeness (QED) is 0.783. The molecule has 20 heavy (non-hydrogen) atoms. The van der Waals surface area contributed by atoms with Crippen LogP contribution in [0.3, 0.4) is 0 Å². The molecule has 0 spiro atoms. The smallest absolute Gasteiger partial charge is 0.371 e. The molecule has 2 atom stereocenters. The number of hydrogen-bond acceptors (Lipinski definition) is 3. The minimum absolute atomic E-state index is 0.105. The molecule has 0 aromatic heterocycles. The van der Waals surface area contributed by atoms with E-state index in [1.165, 1.54) is 6.07 Å². The standard InChI is InChI=1S/C14H14F3NO2/c15-14(16,17)13-5-10(2-1-9(13)8-19)18-6-11-3-4-12(7-18)20-11/h1-2,5,8,11-12H,3-4,6-7H2. The Morgan fingerprint density at radius 3 is 2.40 bits per heavy atom. The lowest BCUT2D eigenvalue weighted by Crippen LogP contribution is -2.42. The van der Waals surface area contributed by atoms with Gasteiger partial charge in [0.05, 0.1) is 17.8 Å². The largest absolute Gasteiger partial charge is 0.417 e. The van der Waals surface area contributed by atoms with Crippen molar-refractivity contribution >= 4 is 12.0 Å². The number of fused-ring (bicyclic) bond motifs is 2. The van der Waals surface area contributed by atoms with Crippen molar-refractivity contribution in [2.75, 3.05) is 18.0 Å².